The molecule has 0 atom stereocenters. The molecule has 5 rings (SSSR count). The minimum absolute atomic E-state index is 0.241. The number of imidazole rings is 1. The summed E-state index contributed by atoms with van der Waals surface area (Å²) in [5.41, 5.74) is 7.32. The molecule has 2 aromatic carbocycles. The second kappa shape index (κ2) is 9.91. The van der Waals surface area contributed by atoms with Crippen LogP contribution in [-0.4, -0.2) is 54.3 Å². The van der Waals surface area contributed by atoms with E-state index in [-0.39, 0.29) is 11.9 Å². The number of pyridine rings is 1. The number of halogens is 1. The quantitative estimate of drug-likeness (QED) is 0.381. The number of carbonyl (C=O) groups is 1. The molecule has 1 saturated heterocycles. The van der Waals surface area contributed by atoms with E-state index in [4.69, 9.17) is 25.9 Å². The molecule has 2 aromatic heterocycles. The number of morpholine rings is 1. The maximum absolute atomic E-state index is 12.2. The number of nitrogens with zero attached hydrogens (tertiary/aromatic N) is 3. The number of nitrogens with one attached hydrogen (secondary N) is 2. The molecule has 0 aliphatic carbocycles. The molecule has 4 aromatic rings. The van der Waals surface area contributed by atoms with Gasteiger partial charge in [-0.1, -0.05) is 29.8 Å². The van der Waals surface area contributed by atoms with Crippen LogP contribution in [0.4, 0.5) is 5.69 Å². The summed E-state index contributed by atoms with van der Waals surface area (Å²) in [6.07, 6.45) is 0. The van der Waals surface area contributed by atoms with Crippen molar-refractivity contribution in [2.24, 2.45) is 0 Å². The van der Waals surface area contributed by atoms with Gasteiger partial charge in [-0.05, 0) is 42.8 Å². The van der Waals surface area contributed by atoms with E-state index in [1.54, 1.807) is 24.3 Å². The number of aryl methyl sites for hydroxylation is 1. The first-order valence-corrected chi connectivity index (χ1v) is 11.5. The van der Waals surface area contributed by atoms with Crippen LogP contribution in [-0.2, 0) is 9.57 Å². The molecule has 1 fully saturated rings. The van der Waals surface area contributed by atoms with Crippen molar-refractivity contribution in [2.75, 3.05) is 38.3 Å². The normalized spacial score (nSPS) is 13.7. The number of rotatable bonds is 6. The first-order chi connectivity index (χ1) is 17.0. The van der Waals surface area contributed by atoms with Crippen LogP contribution >= 0.6 is 11.6 Å². The molecule has 3 heterocycles. The fourth-order valence-electron chi connectivity index (χ4n) is 3.97. The van der Waals surface area contributed by atoms with Crippen LogP contribution in [0.5, 0.6) is 11.8 Å². The number of amides is 1. The summed E-state index contributed by atoms with van der Waals surface area (Å²) >= 11 is 6.56. The molecule has 2 N–H and O–H groups in total. The van der Waals surface area contributed by atoms with E-state index in [1.807, 2.05) is 19.1 Å². The van der Waals surface area contributed by atoms with E-state index in [0.29, 0.717) is 33.2 Å². The van der Waals surface area contributed by atoms with Gasteiger partial charge in [0.05, 0.1) is 36.6 Å². The Balaban J connectivity index is 1.39. The van der Waals surface area contributed by atoms with E-state index in [9.17, 15) is 4.79 Å². The molecule has 180 valence electrons. The Labute approximate surface area is 206 Å². The number of aromatic amines is 1. The van der Waals surface area contributed by atoms with Gasteiger partial charge in [0.15, 0.2) is 5.65 Å². The molecule has 1 amide bonds. The van der Waals surface area contributed by atoms with Crippen molar-refractivity contribution in [1.29, 1.82) is 0 Å². The minimum atomic E-state index is -0.363. The zero-order valence-electron chi connectivity index (χ0n) is 19.3. The number of carbonyl (C=O) groups excluding carboxylic acids is 1. The number of hydroxylamine groups is 1. The fraction of sp³-hybridized carbons (Fsp3) is 0.240. The molecule has 0 saturated carbocycles. The molecule has 1 aliphatic heterocycles. The Bertz CT molecular complexity index is 1370. The number of hydrogen-bond acceptors (Lipinski definition) is 7. The molecule has 0 bridgehead atoms. The van der Waals surface area contributed by atoms with Crippen LogP contribution < -0.4 is 15.1 Å². The smallest absolute Gasteiger partial charge is 0.301 e. The van der Waals surface area contributed by atoms with Gasteiger partial charge in [0, 0.05) is 29.9 Å². The molecule has 1 aliphatic rings. The standard InChI is InChI=1S/C25H24ClN5O4/c1-15-3-8-18(13-19(15)24(32)30-33-2)35-25-27-21-14-20(26)22(28-23(21)29-25)16-4-6-17(7-5-16)31-9-11-34-12-10-31/h3-8,13-14H,9-12H2,1-2H3,(H,30,32)(H,27,28,29). The fourth-order valence-corrected chi connectivity index (χ4v) is 4.23. The van der Waals surface area contributed by atoms with Gasteiger partial charge in [0.1, 0.15) is 5.75 Å². The molecule has 0 unspecified atom stereocenters. The number of H-pyrrole nitrogens is 1. The van der Waals surface area contributed by atoms with Crippen LogP contribution in [0, 0.1) is 6.92 Å². The van der Waals surface area contributed by atoms with E-state index < -0.39 is 0 Å². The first kappa shape index (κ1) is 23.1. The van der Waals surface area contributed by atoms with Crippen molar-refractivity contribution >= 4 is 34.4 Å². The topological polar surface area (TPSA) is 102 Å². The second-order valence-corrected chi connectivity index (χ2v) is 8.50. The summed E-state index contributed by atoms with van der Waals surface area (Å²) in [5.74, 6) is 0.0821. The van der Waals surface area contributed by atoms with Crippen LogP contribution in [0.1, 0.15) is 15.9 Å². The van der Waals surface area contributed by atoms with Crippen LogP contribution in [0.2, 0.25) is 5.02 Å². The SMILES string of the molecule is CONC(=O)c1cc(Oc2nc3nc(-c4ccc(N5CCOCC5)cc4)c(Cl)cc3[nH]2)ccc1C. The third-order valence-corrected chi connectivity index (χ3v) is 6.07. The monoisotopic (exact) mass is 493 g/mol. The lowest BCUT2D eigenvalue weighted by atomic mass is 10.1. The highest BCUT2D eigenvalue weighted by Crippen LogP contribution is 2.32. The Hall–Kier alpha value is -3.66. The molecule has 35 heavy (non-hydrogen) atoms. The van der Waals surface area contributed by atoms with Crippen molar-refractivity contribution < 1.29 is 19.1 Å². The zero-order valence-corrected chi connectivity index (χ0v) is 20.1. The first-order valence-electron chi connectivity index (χ1n) is 11.1. The van der Waals surface area contributed by atoms with Crippen molar-refractivity contribution in [3.8, 4) is 23.0 Å². The largest absolute Gasteiger partial charge is 0.426 e. The lowest BCUT2D eigenvalue weighted by Crippen LogP contribution is -2.36. The molecule has 9 nitrogen and oxygen atoms in total. The van der Waals surface area contributed by atoms with Gasteiger partial charge in [-0.3, -0.25) is 9.63 Å². The number of anilines is 1. The molecular weight excluding hydrogens is 470 g/mol. The van der Waals surface area contributed by atoms with Crippen molar-refractivity contribution in [3.05, 3.63) is 64.7 Å². The Morgan fingerprint density at radius 2 is 1.89 bits per heavy atom. The Morgan fingerprint density at radius 1 is 1.11 bits per heavy atom. The Morgan fingerprint density at radius 3 is 2.63 bits per heavy atom. The third kappa shape index (κ3) is 4.93. The second-order valence-electron chi connectivity index (χ2n) is 8.09. The zero-order chi connectivity index (χ0) is 24.4. The van der Waals surface area contributed by atoms with Crippen LogP contribution in [0.25, 0.3) is 22.4 Å². The number of ether oxygens (including phenoxy) is 2. The average molecular weight is 494 g/mol. The molecule has 10 heteroatoms. The number of fused-ring (bicyclic) bond motifs is 1. The minimum Gasteiger partial charge on any atom is -0.426 e. The van der Waals surface area contributed by atoms with Gasteiger partial charge < -0.3 is 19.4 Å². The number of aromatic nitrogens is 3. The van der Waals surface area contributed by atoms with Crippen molar-refractivity contribution in [3.63, 3.8) is 0 Å². The highest BCUT2D eigenvalue weighted by Gasteiger charge is 2.16. The number of hydrogen-bond donors (Lipinski definition) is 2. The van der Waals surface area contributed by atoms with E-state index in [1.165, 1.54) is 7.11 Å². The van der Waals surface area contributed by atoms with Crippen LogP contribution in [0.3, 0.4) is 0 Å². The van der Waals surface area contributed by atoms with Gasteiger partial charge in [-0.2, -0.15) is 4.98 Å². The lowest BCUT2D eigenvalue weighted by molar-refractivity contribution is 0.0536. The van der Waals surface area contributed by atoms with E-state index in [2.05, 4.69) is 37.5 Å². The summed E-state index contributed by atoms with van der Waals surface area (Å²) in [6, 6.07) is 15.3. The predicted molar refractivity (Wildman–Crippen MR) is 133 cm³/mol. The van der Waals surface area contributed by atoms with Gasteiger partial charge in [-0.25, -0.2) is 10.5 Å². The lowest BCUT2D eigenvalue weighted by Gasteiger charge is -2.28. The summed E-state index contributed by atoms with van der Waals surface area (Å²) in [6.45, 7) is 5.05. The summed E-state index contributed by atoms with van der Waals surface area (Å²) in [5, 5.41) is 0.501. The maximum Gasteiger partial charge on any atom is 0.301 e. The number of benzene rings is 2. The van der Waals surface area contributed by atoms with Gasteiger partial charge in [0.25, 0.3) is 5.91 Å². The summed E-state index contributed by atoms with van der Waals surface area (Å²) in [4.78, 5) is 31.4. The van der Waals surface area contributed by atoms with Crippen molar-refractivity contribution in [1.82, 2.24) is 20.4 Å². The summed E-state index contributed by atoms with van der Waals surface area (Å²) < 4.78 is 11.3. The highest BCUT2D eigenvalue weighted by atomic mass is 35.5. The van der Waals surface area contributed by atoms with Gasteiger partial charge in [0.2, 0.25) is 0 Å². The Kier molecular flexibility index (Phi) is 6.54. The van der Waals surface area contributed by atoms with E-state index >= 15 is 0 Å². The summed E-state index contributed by atoms with van der Waals surface area (Å²) in [7, 11) is 1.38. The predicted octanol–water partition coefficient (Wildman–Crippen LogP) is 4.51. The maximum atomic E-state index is 12.2. The highest BCUT2D eigenvalue weighted by molar-refractivity contribution is 6.33. The van der Waals surface area contributed by atoms with Gasteiger partial charge in [-0.15, -0.1) is 0 Å². The average Bonchev–Trinajstić information content (AvgIpc) is 3.26. The molecular formula is C25H24ClN5O4. The molecule has 0 spiro atoms. The van der Waals surface area contributed by atoms with Crippen LogP contribution in [0.15, 0.2) is 48.5 Å². The van der Waals surface area contributed by atoms with Crippen molar-refractivity contribution in [2.45, 2.75) is 6.92 Å². The molecule has 0 radical (unpaired) electrons. The van der Waals surface area contributed by atoms with Gasteiger partial charge >= 0.3 is 6.01 Å². The third-order valence-electron chi connectivity index (χ3n) is 5.78. The van der Waals surface area contributed by atoms with E-state index in [0.717, 1.165) is 43.1 Å².